The summed E-state index contributed by atoms with van der Waals surface area (Å²) in [6.45, 7) is 1.07. The predicted molar refractivity (Wildman–Crippen MR) is 77.6 cm³/mol. The summed E-state index contributed by atoms with van der Waals surface area (Å²) in [6, 6.07) is 6.00. The van der Waals surface area contributed by atoms with Crippen LogP contribution in [0.25, 0.3) is 0 Å². The summed E-state index contributed by atoms with van der Waals surface area (Å²) in [4.78, 5) is 11.9. The summed E-state index contributed by atoms with van der Waals surface area (Å²) < 4.78 is 15.4. The Morgan fingerprint density at radius 1 is 1.29 bits per heavy atom. The highest BCUT2D eigenvalue weighted by molar-refractivity contribution is 5.94. The maximum Gasteiger partial charge on any atom is 0.254 e. The van der Waals surface area contributed by atoms with E-state index in [4.69, 9.17) is 0 Å². The van der Waals surface area contributed by atoms with Gasteiger partial charge in [0.25, 0.3) is 5.91 Å². The van der Waals surface area contributed by atoms with Gasteiger partial charge in [0.15, 0.2) is 0 Å². The first-order valence-corrected chi connectivity index (χ1v) is 7.32. The van der Waals surface area contributed by atoms with Crippen molar-refractivity contribution in [1.82, 2.24) is 15.1 Å². The smallest absolute Gasteiger partial charge is 0.254 e. The van der Waals surface area contributed by atoms with Crippen molar-refractivity contribution in [2.24, 2.45) is 0 Å². The molecule has 0 unspecified atom stereocenters. The molecule has 1 N–H and O–H groups in total. The average molecular weight is 287 g/mol. The number of nitrogens with zero attached hydrogens (tertiary/aromatic N) is 2. The Morgan fingerprint density at radius 3 is 2.95 bits per heavy atom. The van der Waals surface area contributed by atoms with Crippen molar-refractivity contribution in [3.63, 3.8) is 0 Å². The third kappa shape index (κ3) is 2.96. The molecule has 0 atom stereocenters. The van der Waals surface area contributed by atoms with Crippen LogP contribution in [0.1, 0.15) is 34.5 Å². The van der Waals surface area contributed by atoms with Gasteiger partial charge in [-0.2, -0.15) is 5.10 Å². The van der Waals surface area contributed by atoms with E-state index in [1.807, 2.05) is 10.9 Å². The van der Waals surface area contributed by atoms with Crippen LogP contribution >= 0.6 is 0 Å². The third-order valence-corrected chi connectivity index (χ3v) is 3.87. The first kappa shape index (κ1) is 13.8. The second-order valence-electron chi connectivity index (χ2n) is 5.28. The molecule has 0 saturated heterocycles. The summed E-state index contributed by atoms with van der Waals surface area (Å²) >= 11 is 0. The van der Waals surface area contributed by atoms with E-state index in [1.54, 1.807) is 12.1 Å². The number of amides is 1. The minimum atomic E-state index is -0.494. The second-order valence-corrected chi connectivity index (χ2v) is 5.28. The summed E-state index contributed by atoms with van der Waals surface area (Å²) in [5.74, 6) is -0.874. The number of fused-ring (bicyclic) bond motifs is 1. The van der Waals surface area contributed by atoms with Gasteiger partial charge in [-0.15, -0.1) is 0 Å². The van der Waals surface area contributed by atoms with Gasteiger partial charge < -0.3 is 5.32 Å². The van der Waals surface area contributed by atoms with E-state index in [0.717, 1.165) is 12.8 Å². The fourth-order valence-electron chi connectivity index (χ4n) is 2.76. The third-order valence-electron chi connectivity index (χ3n) is 3.87. The van der Waals surface area contributed by atoms with Crippen molar-refractivity contribution in [1.29, 1.82) is 0 Å². The van der Waals surface area contributed by atoms with E-state index < -0.39 is 5.82 Å². The van der Waals surface area contributed by atoms with Gasteiger partial charge in [0.2, 0.25) is 0 Å². The van der Waals surface area contributed by atoms with Crippen LogP contribution in [-0.4, -0.2) is 22.2 Å². The molecule has 1 aromatic heterocycles. The molecular formula is C16H18FN3O. The molecule has 110 valence electrons. The van der Waals surface area contributed by atoms with Gasteiger partial charge in [-0.25, -0.2) is 4.39 Å². The molecule has 21 heavy (non-hydrogen) atoms. The molecule has 5 heteroatoms. The number of hydrogen-bond acceptors (Lipinski definition) is 2. The number of carbonyl (C=O) groups is 1. The van der Waals surface area contributed by atoms with Crippen LogP contribution in [0, 0.1) is 5.82 Å². The first-order chi connectivity index (χ1) is 10.3. The highest BCUT2D eigenvalue weighted by atomic mass is 19.1. The molecule has 0 saturated carbocycles. The second kappa shape index (κ2) is 6.08. The van der Waals surface area contributed by atoms with Gasteiger partial charge in [-0.1, -0.05) is 12.1 Å². The Balaban J connectivity index is 1.58. The zero-order valence-corrected chi connectivity index (χ0v) is 11.8. The zero-order valence-electron chi connectivity index (χ0n) is 11.8. The summed E-state index contributed by atoms with van der Waals surface area (Å²) in [5.41, 5.74) is 2.68. The molecule has 1 aliphatic carbocycles. The number of aromatic nitrogens is 2. The molecule has 1 aliphatic rings. The molecule has 3 rings (SSSR count). The van der Waals surface area contributed by atoms with Crippen molar-refractivity contribution in [3.8, 4) is 0 Å². The fourth-order valence-corrected chi connectivity index (χ4v) is 2.76. The van der Waals surface area contributed by atoms with Crippen molar-refractivity contribution in [2.75, 3.05) is 6.54 Å². The van der Waals surface area contributed by atoms with Crippen LogP contribution in [0.3, 0.4) is 0 Å². The fraction of sp³-hybridized carbons (Fsp3) is 0.375. The van der Waals surface area contributed by atoms with E-state index in [2.05, 4.69) is 10.4 Å². The maximum absolute atomic E-state index is 13.5. The lowest BCUT2D eigenvalue weighted by Crippen LogP contribution is -2.28. The predicted octanol–water partition coefficient (Wildman–Crippen LogP) is 2.33. The quantitative estimate of drug-likeness (QED) is 0.938. The lowest BCUT2D eigenvalue weighted by molar-refractivity contribution is 0.0948. The molecular weight excluding hydrogens is 269 g/mol. The van der Waals surface area contributed by atoms with E-state index in [0.29, 0.717) is 13.1 Å². The Kier molecular flexibility index (Phi) is 3.99. The van der Waals surface area contributed by atoms with Gasteiger partial charge in [-0.05, 0) is 43.4 Å². The van der Waals surface area contributed by atoms with Gasteiger partial charge >= 0.3 is 0 Å². The SMILES string of the molecule is O=C(NCCn1ncc2c1CCCC2)c1ccccc1F. The molecule has 4 nitrogen and oxygen atoms in total. The lowest BCUT2D eigenvalue weighted by atomic mass is 9.98. The minimum absolute atomic E-state index is 0.0833. The van der Waals surface area contributed by atoms with Crippen LogP contribution in [0.2, 0.25) is 0 Å². The highest BCUT2D eigenvalue weighted by Gasteiger charge is 2.15. The first-order valence-electron chi connectivity index (χ1n) is 7.32. The van der Waals surface area contributed by atoms with Crippen LogP contribution in [0.15, 0.2) is 30.5 Å². The molecule has 0 fully saturated rings. The number of nitrogens with one attached hydrogen (secondary N) is 1. The van der Waals surface area contributed by atoms with Crippen LogP contribution in [-0.2, 0) is 19.4 Å². The van der Waals surface area contributed by atoms with Crippen molar-refractivity contribution >= 4 is 5.91 Å². The number of aryl methyl sites for hydroxylation is 1. The number of rotatable bonds is 4. The zero-order chi connectivity index (χ0) is 14.7. The summed E-state index contributed by atoms with van der Waals surface area (Å²) in [7, 11) is 0. The average Bonchev–Trinajstić information content (AvgIpc) is 2.91. The van der Waals surface area contributed by atoms with Crippen LogP contribution in [0.5, 0.6) is 0 Å². The molecule has 1 aromatic carbocycles. The molecule has 1 heterocycles. The topological polar surface area (TPSA) is 46.9 Å². The Labute approximate surface area is 123 Å². The van der Waals surface area contributed by atoms with E-state index in [-0.39, 0.29) is 11.5 Å². The normalized spacial score (nSPS) is 13.8. The Bertz CT molecular complexity index is 651. The number of carbonyl (C=O) groups excluding carboxylic acids is 1. The molecule has 0 radical (unpaired) electrons. The van der Waals surface area contributed by atoms with E-state index in [1.165, 1.54) is 36.2 Å². The molecule has 2 aromatic rings. The molecule has 0 bridgehead atoms. The number of hydrogen-bond donors (Lipinski definition) is 1. The van der Waals surface area contributed by atoms with Crippen molar-refractivity contribution in [3.05, 3.63) is 53.1 Å². The molecule has 0 aliphatic heterocycles. The van der Waals surface area contributed by atoms with Crippen molar-refractivity contribution in [2.45, 2.75) is 32.2 Å². The molecule has 0 spiro atoms. The Morgan fingerprint density at radius 2 is 2.10 bits per heavy atom. The minimum Gasteiger partial charge on any atom is -0.350 e. The maximum atomic E-state index is 13.5. The summed E-state index contributed by atoms with van der Waals surface area (Å²) in [5, 5.41) is 7.12. The van der Waals surface area contributed by atoms with Gasteiger partial charge in [0.05, 0.1) is 18.3 Å². The van der Waals surface area contributed by atoms with Crippen LogP contribution < -0.4 is 5.32 Å². The largest absolute Gasteiger partial charge is 0.350 e. The number of benzene rings is 1. The van der Waals surface area contributed by atoms with Crippen molar-refractivity contribution < 1.29 is 9.18 Å². The van der Waals surface area contributed by atoms with Gasteiger partial charge in [-0.3, -0.25) is 9.48 Å². The van der Waals surface area contributed by atoms with E-state index in [9.17, 15) is 9.18 Å². The Hall–Kier alpha value is -2.17. The van der Waals surface area contributed by atoms with E-state index >= 15 is 0 Å². The van der Waals surface area contributed by atoms with Gasteiger partial charge in [0, 0.05) is 12.2 Å². The number of halogens is 1. The van der Waals surface area contributed by atoms with Gasteiger partial charge in [0.1, 0.15) is 5.82 Å². The highest BCUT2D eigenvalue weighted by Crippen LogP contribution is 2.20. The van der Waals surface area contributed by atoms with Crippen LogP contribution in [0.4, 0.5) is 4.39 Å². The summed E-state index contributed by atoms with van der Waals surface area (Å²) in [6.07, 6.45) is 6.49. The lowest BCUT2D eigenvalue weighted by Gasteiger charge is -2.14. The monoisotopic (exact) mass is 287 g/mol. The molecule has 1 amide bonds. The standard InChI is InChI=1S/C16H18FN3O/c17-14-7-3-2-6-13(14)16(21)18-9-10-20-15-8-4-1-5-12(15)11-19-20/h2-3,6-7,11H,1,4-5,8-10H2,(H,18,21).